The molecule has 1 aromatic carbocycles. The zero-order chi connectivity index (χ0) is 22.6. The number of fused-ring (bicyclic) bond motifs is 2. The smallest absolute Gasteiger partial charge is 0.261 e. The highest BCUT2D eigenvalue weighted by molar-refractivity contribution is 6.35. The molecule has 0 saturated carbocycles. The van der Waals surface area contributed by atoms with Crippen molar-refractivity contribution in [3.8, 4) is 17.0 Å². The molecule has 6 nitrogen and oxygen atoms in total. The number of nitrogens with zero attached hydrogens (tertiary/aromatic N) is 3. The Morgan fingerprint density at radius 3 is 2.81 bits per heavy atom. The van der Waals surface area contributed by atoms with E-state index in [4.69, 9.17) is 21.3 Å². The number of carbonyl (C=O) groups is 1. The van der Waals surface area contributed by atoms with Crippen LogP contribution < -0.4 is 15.0 Å². The highest BCUT2D eigenvalue weighted by Crippen LogP contribution is 2.47. The van der Waals surface area contributed by atoms with Crippen LogP contribution in [0.4, 0.5) is 10.2 Å². The van der Waals surface area contributed by atoms with Crippen molar-refractivity contribution in [1.29, 1.82) is 0 Å². The number of amides is 1. The molecule has 1 amide bonds. The van der Waals surface area contributed by atoms with Gasteiger partial charge in [-0.15, -0.1) is 0 Å². The van der Waals surface area contributed by atoms with Crippen LogP contribution >= 0.6 is 11.6 Å². The van der Waals surface area contributed by atoms with Crippen LogP contribution in [-0.4, -0.2) is 60.2 Å². The summed E-state index contributed by atoms with van der Waals surface area (Å²) in [6, 6.07) is 6.34. The molecule has 2 aromatic rings. The second kappa shape index (κ2) is 7.89. The van der Waals surface area contributed by atoms with E-state index in [2.05, 4.69) is 31.0 Å². The minimum atomic E-state index is -0.414. The van der Waals surface area contributed by atoms with Crippen molar-refractivity contribution < 1.29 is 13.9 Å². The van der Waals surface area contributed by atoms with Crippen LogP contribution in [0.15, 0.2) is 24.3 Å². The van der Waals surface area contributed by atoms with Crippen molar-refractivity contribution in [2.75, 3.05) is 37.7 Å². The maximum absolute atomic E-state index is 14.8. The number of halogens is 2. The Kier molecular flexibility index (Phi) is 5.29. The van der Waals surface area contributed by atoms with Crippen molar-refractivity contribution >= 4 is 23.3 Å². The molecule has 0 aliphatic carbocycles. The summed E-state index contributed by atoms with van der Waals surface area (Å²) in [6.07, 6.45) is 0.965. The molecule has 4 heterocycles. The van der Waals surface area contributed by atoms with Crippen molar-refractivity contribution in [1.82, 2.24) is 15.2 Å². The topological polar surface area (TPSA) is 57.7 Å². The molecule has 1 aromatic heterocycles. The first-order valence-corrected chi connectivity index (χ1v) is 11.6. The van der Waals surface area contributed by atoms with Gasteiger partial charge < -0.3 is 19.9 Å². The van der Waals surface area contributed by atoms with Crippen LogP contribution in [0.2, 0.25) is 5.02 Å². The van der Waals surface area contributed by atoms with Gasteiger partial charge in [-0.25, -0.2) is 9.37 Å². The van der Waals surface area contributed by atoms with Crippen LogP contribution in [0.5, 0.6) is 5.75 Å². The van der Waals surface area contributed by atoms with E-state index in [0.29, 0.717) is 54.0 Å². The average molecular weight is 459 g/mol. The number of hydrogen-bond donors (Lipinski definition) is 1. The fourth-order valence-electron chi connectivity index (χ4n) is 5.34. The molecule has 5 rings (SSSR count). The molecule has 8 heteroatoms. The third-order valence-corrected chi connectivity index (χ3v) is 7.13. The molecular formula is C24H28ClFN4O2. The Hall–Kier alpha value is -2.38. The maximum atomic E-state index is 14.8. The summed E-state index contributed by atoms with van der Waals surface area (Å²) in [5.41, 5.74) is 0.781. The number of anilines is 1. The summed E-state index contributed by atoms with van der Waals surface area (Å²) < 4.78 is 21.0. The van der Waals surface area contributed by atoms with Crippen LogP contribution in [0, 0.1) is 11.7 Å². The maximum Gasteiger partial charge on any atom is 0.261 e. The lowest BCUT2D eigenvalue weighted by Crippen LogP contribution is -2.55. The highest BCUT2D eigenvalue weighted by Gasteiger charge is 2.43. The van der Waals surface area contributed by atoms with Crippen molar-refractivity contribution in [2.45, 2.75) is 38.8 Å². The lowest BCUT2D eigenvalue weighted by atomic mass is 9.97. The molecule has 2 fully saturated rings. The summed E-state index contributed by atoms with van der Waals surface area (Å²) >= 11 is 6.79. The number of aromatic nitrogens is 1. The molecule has 3 aliphatic heterocycles. The molecule has 0 radical (unpaired) electrons. The van der Waals surface area contributed by atoms with Crippen LogP contribution in [0.1, 0.15) is 37.6 Å². The van der Waals surface area contributed by atoms with E-state index in [9.17, 15) is 9.18 Å². The second-order valence-electron chi connectivity index (χ2n) is 9.68. The lowest BCUT2D eigenvalue weighted by Gasteiger charge is -2.36. The molecule has 0 spiro atoms. The van der Waals surface area contributed by atoms with Gasteiger partial charge in [0.05, 0.1) is 11.7 Å². The van der Waals surface area contributed by atoms with Gasteiger partial charge in [0.2, 0.25) is 0 Å². The summed E-state index contributed by atoms with van der Waals surface area (Å²) in [4.78, 5) is 22.7. The molecule has 2 saturated heterocycles. The Morgan fingerprint density at radius 1 is 1.31 bits per heavy atom. The molecule has 32 heavy (non-hydrogen) atoms. The molecular weight excluding hydrogens is 431 g/mol. The van der Waals surface area contributed by atoms with Gasteiger partial charge in [0, 0.05) is 37.3 Å². The van der Waals surface area contributed by atoms with E-state index >= 15 is 0 Å². The second-order valence-corrected chi connectivity index (χ2v) is 10.1. The zero-order valence-electron chi connectivity index (χ0n) is 18.6. The van der Waals surface area contributed by atoms with Crippen LogP contribution in [0.3, 0.4) is 0 Å². The third-order valence-electron chi connectivity index (χ3n) is 6.78. The van der Waals surface area contributed by atoms with Gasteiger partial charge in [-0.1, -0.05) is 30.7 Å². The molecule has 170 valence electrons. The molecule has 3 aliphatic rings. The summed E-state index contributed by atoms with van der Waals surface area (Å²) in [5, 5.41) is 3.51. The van der Waals surface area contributed by atoms with Gasteiger partial charge in [-0.3, -0.25) is 4.79 Å². The number of nitrogens with one attached hydrogen (secondary N) is 1. The number of rotatable bonds is 2. The molecule has 2 atom stereocenters. The minimum Gasteiger partial charge on any atom is -0.489 e. The van der Waals surface area contributed by atoms with E-state index in [1.165, 1.54) is 6.07 Å². The first-order valence-electron chi connectivity index (χ1n) is 11.2. The standard InChI is InChI=1S/C24H28ClFN4O2/c1-14-10-24(2,3)30(12-14)22-18-21(32-13-15-11-27-8-9-29(15)23(18)31)19(25)20(28-22)16-6-4-5-7-17(16)26/h4-7,14-15,27H,8-13H2,1-3H3/t14?,15-/m1/s1. The Balaban J connectivity index is 1.76. The van der Waals surface area contributed by atoms with Gasteiger partial charge in [0.25, 0.3) is 5.91 Å². The van der Waals surface area contributed by atoms with Gasteiger partial charge in [0.15, 0.2) is 5.75 Å². The van der Waals surface area contributed by atoms with Gasteiger partial charge in [-0.05, 0) is 38.3 Å². The Labute approximate surface area is 192 Å². The number of hydrogen-bond acceptors (Lipinski definition) is 5. The molecule has 1 unspecified atom stereocenters. The summed E-state index contributed by atoms with van der Waals surface area (Å²) in [7, 11) is 0. The lowest BCUT2D eigenvalue weighted by molar-refractivity contribution is 0.0606. The Bertz CT molecular complexity index is 1080. The normalized spacial score (nSPS) is 24.6. The predicted octanol–water partition coefficient (Wildman–Crippen LogP) is 3.97. The molecule has 0 bridgehead atoms. The van der Waals surface area contributed by atoms with Crippen molar-refractivity contribution in [2.24, 2.45) is 5.92 Å². The molecule has 1 N–H and O–H groups in total. The number of benzene rings is 1. The van der Waals surface area contributed by atoms with Gasteiger partial charge in [-0.2, -0.15) is 0 Å². The summed E-state index contributed by atoms with van der Waals surface area (Å²) in [5.74, 6) is 0.738. The number of ether oxygens (including phenoxy) is 1. The zero-order valence-corrected chi connectivity index (χ0v) is 19.4. The van der Waals surface area contributed by atoms with Crippen LogP contribution in [0.25, 0.3) is 11.3 Å². The quantitative estimate of drug-likeness (QED) is 0.737. The average Bonchev–Trinajstić information content (AvgIpc) is 2.94. The minimum absolute atomic E-state index is 0.0880. The fourth-order valence-corrected chi connectivity index (χ4v) is 5.64. The number of pyridine rings is 1. The van der Waals surface area contributed by atoms with Gasteiger partial charge in [0.1, 0.15) is 28.8 Å². The monoisotopic (exact) mass is 458 g/mol. The van der Waals surface area contributed by atoms with Crippen LogP contribution in [-0.2, 0) is 0 Å². The fraction of sp³-hybridized carbons (Fsp3) is 0.500. The van der Waals surface area contributed by atoms with E-state index in [0.717, 1.165) is 19.5 Å². The SMILES string of the molecule is CC1CN(c2nc(-c3ccccc3F)c(Cl)c3c2C(=O)N2CCNC[C@@H]2CO3)C(C)(C)C1. The largest absolute Gasteiger partial charge is 0.489 e. The third kappa shape index (κ3) is 3.42. The van der Waals surface area contributed by atoms with Crippen molar-refractivity contribution in [3.05, 3.63) is 40.7 Å². The number of piperazine rings is 1. The first kappa shape index (κ1) is 21.5. The highest BCUT2D eigenvalue weighted by atomic mass is 35.5. The Morgan fingerprint density at radius 2 is 2.09 bits per heavy atom. The van der Waals surface area contributed by atoms with Crippen molar-refractivity contribution in [3.63, 3.8) is 0 Å². The number of carbonyl (C=O) groups excluding carboxylic acids is 1. The first-order chi connectivity index (χ1) is 15.3. The van der Waals surface area contributed by atoms with E-state index in [-0.39, 0.29) is 22.5 Å². The van der Waals surface area contributed by atoms with E-state index < -0.39 is 5.82 Å². The van der Waals surface area contributed by atoms with Gasteiger partial charge >= 0.3 is 0 Å². The van der Waals surface area contributed by atoms with E-state index in [1.54, 1.807) is 18.2 Å². The predicted molar refractivity (Wildman–Crippen MR) is 123 cm³/mol. The van der Waals surface area contributed by atoms with E-state index in [1.807, 2.05) is 4.90 Å². The summed E-state index contributed by atoms with van der Waals surface area (Å²) in [6.45, 7) is 9.56.